The molecule has 0 aromatic heterocycles. The van der Waals surface area contributed by atoms with Gasteiger partial charge in [-0.1, -0.05) is 36.4 Å². The Morgan fingerprint density at radius 2 is 1.78 bits per heavy atom. The van der Waals surface area contributed by atoms with Crippen LogP contribution in [-0.2, 0) is 11.3 Å². The summed E-state index contributed by atoms with van der Waals surface area (Å²) in [7, 11) is 1.33. The molecule has 7 nitrogen and oxygen atoms in total. The van der Waals surface area contributed by atoms with Gasteiger partial charge in [0.2, 0.25) is 0 Å². The number of piperazine rings is 1. The molecule has 0 bridgehead atoms. The number of esters is 1. The van der Waals surface area contributed by atoms with Crippen LogP contribution in [0.1, 0.15) is 32.7 Å². The van der Waals surface area contributed by atoms with Gasteiger partial charge in [0.05, 0.1) is 24.3 Å². The van der Waals surface area contributed by atoms with Crippen LogP contribution in [0.4, 0.5) is 0 Å². The maximum absolute atomic E-state index is 13.1. The number of β-amino-alcohol motifs (C(OH)–C–C–N with tert-alkyl or cyclic N) is 1. The van der Waals surface area contributed by atoms with Crippen LogP contribution in [0.25, 0.3) is 0 Å². The van der Waals surface area contributed by atoms with Gasteiger partial charge >= 0.3 is 5.97 Å². The van der Waals surface area contributed by atoms with E-state index in [-0.39, 0.29) is 17.6 Å². The summed E-state index contributed by atoms with van der Waals surface area (Å²) in [6.07, 6.45) is 0.470. The molecule has 0 saturated carbocycles. The molecule has 0 unspecified atom stereocenters. The molecule has 0 radical (unpaired) electrons. The van der Waals surface area contributed by atoms with Gasteiger partial charge in [-0.15, -0.1) is 0 Å². The molecule has 1 N–H and O–H groups in total. The Bertz CT molecular complexity index is 1010. The number of aliphatic hydroxyl groups excluding tert-OH is 1. The molecule has 2 atom stereocenters. The van der Waals surface area contributed by atoms with Gasteiger partial charge in [-0.05, 0) is 30.2 Å². The normalized spacial score (nSPS) is 24.8. The summed E-state index contributed by atoms with van der Waals surface area (Å²) >= 11 is 0. The number of carbonyl (C=O) groups is 2. The minimum atomic E-state index is -0.447. The Balaban J connectivity index is 1.32. The second-order valence-corrected chi connectivity index (χ2v) is 9.31. The van der Waals surface area contributed by atoms with Crippen molar-refractivity contribution in [2.24, 2.45) is 0 Å². The van der Waals surface area contributed by atoms with Crippen molar-refractivity contribution >= 4 is 11.9 Å². The summed E-state index contributed by atoms with van der Waals surface area (Å²) < 4.78 is 4.78. The van der Waals surface area contributed by atoms with E-state index in [1.807, 2.05) is 11.0 Å². The maximum Gasteiger partial charge on any atom is 0.337 e. The number of rotatable bonds is 4. The highest BCUT2D eigenvalue weighted by Gasteiger charge is 2.57. The Morgan fingerprint density at radius 1 is 1.03 bits per heavy atom. The summed E-state index contributed by atoms with van der Waals surface area (Å²) in [6, 6.07) is 17.5. The zero-order valence-corrected chi connectivity index (χ0v) is 18.3. The van der Waals surface area contributed by atoms with Gasteiger partial charge in [0.25, 0.3) is 5.91 Å². The first-order valence-electron chi connectivity index (χ1n) is 11.2. The van der Waals surface area contributed by atoms with Gasteiger partial charge < -0.3 is 14.7 Å². The first-order valence-corrected chi connectivity index (χ1v) is 11.2. The third kappa shape index (κ3) is 3.81. The van der Waals surface area contributed by atoms with Gasteiger partial charge in [-0.3, -0.25) is 14.6 Å². The van der Waals surface area contributed by atoms with E-state index in [0.717, 1.165) is 26.1 Å². The van der Waals surface area contributed by atoms with E-state index in [1.54, 1.807) is 24.3 Å². The fourth-order valence-electron chi connectivity index (χ4n) is 5.65. The monoisotopic (exact) mass is 435 g/mol. The molecule has 7 heteroatoms. The van der Waals surface area contributed by atoms with E-state index in [1.165, 1.54) is 12.7 Å². The topological polar surface area (TPSA) is 73.3 Å². The Kier molecular flexibility index (Phi) is 5.49. The van der Waals surface area contributed by atoms with E-state index in [9.17, 15) is 14.7 Å². The molecule has 3 heterocycles. The standard InChI is InChI=1S/C25H29N3O4/c1-32-24(31)20-9-5-8-19(10-20)23(30)27-16-25(17-27)15-26(12-18-6-3-2-4-7-18)13-21-11-22(29)14-28(21)25/h2-10,21-22,29H,11-17H2,1H3/t21-,22-/m1/s1. The average Bonchev–Trinajstić information content (AvgIpc) is 3.17. The summed E-state index contributed by atoms with van der Waals surface area (Å²) in [5.74, 6) is -0.518. The number of hydrogen-bond donors (Lipinski definition) is 1. The molecule has 2 aromatic rings. The van der Waals surface area contributed by atoms with Crippen LogP contribution in [-0.4, -0.2) is 89.2 Å². The highest BCUT2D eigenvalue weighted by Crippen LogP contribution is 2.39. The Hall–Kier alpha value is -2.74. The maximum atomic E-state index is 13.1. The van der Waals surface area contributed by atoms with Crippen LogP contribution in [0.5, 0.6) is 0 Å². The zero-order chi connectivity index (χ0) is 22.3. The lowest BCUT2D eigenvalue weighted by molar-refractivity contribution is -0.102. The fourth-order valence-corrected chi connectivity index (χ4v) is 5.65. The predicted octanol–water partition coefficient (Wildman–Crippen LogP) is 1.62. The summed E-state index contributed by atoms with van der Waals surface area (Å²) in [4.78, 5) is 31.7. The SMILES string of the molecule is COC(=O)c1cccc(C(=O)N2CC3(CN(Cc4ccccc4)C[C@H]4C[C@@H](O)CN43)C2)c1. The second-order valence-electron chi connectivity index (χ2n) is 9.31. The molecule has 0 aliphatic carbocycles. The first kappa shape index (κ1) is 21.1. The highest BCUT2D eigenvalue weighted by atomic mass is 16.5. The Labute approximate surface area is 188 Å². The predicted molar refractivity (Wildman–Crippen MR) is 119 cm³/mol. The number of fused-ring (bicyclic) bond motifs is 2. The van der Waals surface area contributed by atoms with Crippen molar-refractivity contribution in [1.29, 1.82) is 0 Å². The van der Waals surface area contributed by atoms with Crippen LogP contribution >= 0.6 is 0 Å². The third-order valence-electron chi connectivity index (χ3n) is 7.03. The van der Waals surface area contributed by atoms with Crippen LogP contribution in [0.15, 0.2) is 54.6 Å². The van der Waals surface area contributed by atoms with Crippen LogP contribution < -0.4 is 0 Å². The second kappa shape index (κ2) is 8.31. The molecule has 3 aliphatic rings. The van der Waals surface area contributed by atoms with Crippen LogP contribution in [0.2, 0.25) is 0 Å². The molecule has 3 aliphatic heterocycles. The fraction of sp³-hybridized carbons (Fsp3) is 0.440. The lowest BCUT2D eigenvalue weighted by Gasteiger charge is -2.61. The van der Waals surface area contributed by atoms with Crippen molar-refractivity contribution in [2.45, 2.75) is 30.7 Å². The minimum Gasteiger partial charge on any atom is -0.465 e. The molecule has 32 heavy (non-hydrogen) atoms. The van der Waals surface area contributed by atoms with Gasteiger partial charge in [0.1, 0.15) is 0 Å². The van der Waals surface area contributed by atoms with Crippen molar-refractivity contribution in [1.82, 2.24) is 14.7 Å². The molecule has 5 rings (SSSR count). The van der Waals surface area contributed by atoms with Crippen molar-refractivity contribution in [3.8, 4) is 0 Å². The number of benzene rings is 2. The summed E-state index contributed by atoms with van der Waals surface area (Å²) in [5, 5.41) is 10.4. The average molecular weight is 436 g/mol. The third-order valence-corrected chi connectivity index (χ3v) is 7.03. The molecule has 3 fully saturated rings. The van der Waals surface area contributed by atoms with Crippen molar-refractivity contribution in [3.63, 3.8) is 0 Å². The first-order chi connectivity index (χ1) is 15.5. The number of nitrogens with zero attached hydrogens (tertiary/aromatic N) is 3. The minimum absolute atomic E-state index is 0.0714. The molecule has 1 amide bonds. The summed E-state index contributed by atoms with van der Waals surface area (Å²) in [5.41, 5.74) is 2.02. The number of methoxy groups -OCH3 is 1. The smallest absolute Gasteiger partial charge is 0.337 e. The lowest BCUT2D eigenvalue weighted by Crippen LogP contribution is -2.78. The quantitative estimate of drug-likeness (QED) is 0.736. The van der Waals surface area contributed by atoms with Crippen molar-refractivity contribution in [2.75, 3.05) is 39.8 Å². The van der Waals surface area contributed by atoms with Gasteiger partial charge in [0, 0.05) is 50.9 Å². The number of aliphatic hydroxyl groups is 1. The molecule has 168 valence electrons. The zero-order valence-electron chi connectivity index (χ0n) is 18.3. The van der Waals surface area contributed by atoms with Gasteiger partial charge in [-0.25, -0.2) is 4.79 Å². The molecule has 1 spiro atoms. The molecular weight excluding hydrogens is 406 g/mol. The molecular formula is C25H29N3O4. The lowest BCUT2D eigenvalue weighted by atomic mass is 9.83. The number of amides is 1. The molecule has 3 saturated heterocycles. The van der Waals surface area contributed by atoms with E-state index < -0.39 is 5.97 Å². The van der Waals surface area contributed by atoms with E-state index in [0.29, 0.717) is 36.8 Å². The van der Waals surface area contributed by atoms with Gasteiger partial charge in [-0.2, -0.15) is 0 Å². The van der Waals surface area contributed by atoms with E-state index >= 15 is 0 Å². The highest BCUT2D eigenvalue weighted by molar-refractivity contribution is 5.98. The Morgan fingerprint density at radius 3 is 2.53 bits per heavy atom. The number of ether oxygens (including phenoxy) is 1. The van der Waals surface area contributed by atoms with Gasteiger partial charge in [0.15, 0.2) is 0 Å². The van der Waals surface area contributed by atoms with E-state index in [2.05, 4.69) is 34.1 Å². The largest absolute Gasteiger partial charge is 0.465 e. The number of hydrogen-bond acceptors (Lipinski definition) is 6. The number of likely N-dealkylation sites (tertiary alicyclic amines) is 1. The summed E-state index contributed by atoms with van der Waals surface area (Å²) in [6.45, 7) is 4.60. The number of carbonyl (C=O) groups excluding carboxylic acids is 2. The molecule has 2 aromatic carbocycles. The van der Waals surface area contributed by atoms with Crippen molar-refractivity contribution < 1.29 is 19.4 Å². The van der Waals surface area contributed by atoms with Crippen LogP contribution in [0, 0.1) is 0 Å². The van der Waals surface area contributed by atoms with E-state index in [4.69, 9.17) is 4.74 Å². The van der Waals surface area contributed by atoms with Crippen molar-refractivity contribution in [3.05, 3.63) is 71.3 Å². The van der Waals surface area contributed by atoms with Crippen LogP contribution in [0.3, 0.4) is 0 Å².